The molecule has 1 atom stereocenters. The van der Waals surface area contributed by atoms with Gasteiger partial charge in [-0.2, -0.15) is 0 Å². The van der Waals surface area contributed by atoms with Crippen molar-refractivity contribution < 1.29 is 9.53 Å². The third-order valence-electron chi connectivity index (χ3n) is 1.85. The molecular formula is C7H14N2O2. The van der Waals surface area contributed by atoms with Gasteiger partial charge in [-0.3, -0.25) is 4.79 Å². The fourth-order valence-corrected chi connectivity index (χ4v) is 1.23. The monoisotopic (exact) mass is 158 g/mol. The van der Waals surface area contributed by atoms with Crippen LogP contribution in [0.3, 0.4) is 0 Å². The Morgan fingerprint density at radius 3 is 3.00 bits per heavy atom. The fourth-order valence-electron chi connectivity index (χ4n) is 1.23. The van der Waals surface area contributed by atoms with E-state index < -0.39 is 0 Å². The van der Waals surface area contributed by atoms with E-state index in [1.807, 2.05) is 0 Å². The van der Waals surface area contributed by atoms with E-state index in [4.69, 9.17) is 10.5 Å². The number of carbonyl (C=O) groups excluding carboxylic acids is 1. The van der Waals surface area contributed by atoms with Crippen LogP contribution in [0, 0.1) is 0 Å². The highest BCUT2D eigenvalue weighted by molar-refractivity contribution is 5.77. The molecule has 4 nitrogen and oxygen atoms in total. The molecule has 0 bridgehead atoms. The number of nitrogens with zero attached hydrogens (tertiary/aromatic N) is 1. The van der Waals surface area contributed by atoms with E-state index in [0.717, 1.165) is 13.0 Å². The molecule has 0 aromatic carbocycles. The van der Waals surface area contributed by atoms with Gasteiger partial charge in [0.2, 0.25) is 5.91 Å². The number of rotatable bonds is 2. The molecule has 1 rings (SSSR count). The normalized spacial score (nSPS) is 24.2. The first-order chi connectivity index (χ1) is 5.24. The van der Waals surface area contributed by atoms with Crippen LogP contribution in [0.2, 0.25) is 0 Å². The molecule has 1 aliphatic heterocycles. The molecule has 1 amide bonds. The van der Waals surface area contributed by atoms with Crippen molar-refractivity contribution in [2.45, 2.75) is 12.5 Å². The molecule has 4 heteroatoms. The number of amides is 1. The molecule has 1 saturated heterocycles. The Hall–Kier alpha value is -0.610. The summed E-state index contributed by atoms with van der Waals surface area (Å²) in [5.74, 6) is 0.0421. The maximum atomic E-state index is 11.1. The number of hydrogen-bond donors (Lipinski definition) is 1. The van der Waals surface area contributed by atoms with Gasteiger partial charge in [0.05, 0.1) is 0 Å². The lowest BCUT2D eigenvalue weighted by Gasteiger charge is -2.14. The van der Waals surface area contributed by atoms with Crippen molar-refractivity contribution in [3.8, 4) is 0 Å². The van der Waals surface area contributed by atoms with Crippen molar-refractivity contribution >= 4 is 5.91 Å². The Kier molecular flexibility index (Phi) is 2.84. The molecule has 1 fully saturated rings. The SMILES string of the molecule is COCC(=O)N1CCC(N)C1. The number of nitrogens with two attached hydrogens (primary N) is 1. The predicted octanol–water partition coefficient (Wildman–Crippen LogP) is -0.808. The lowest BCUT2D eigenvalue weighted by Crippen LogP contribution is -2.34. The van der Waals surface area contributed by atoms with E-state index in [1.54, 1.807) is 4.90 Å². The minimum atomic E-state index is 0.0421. The second-order valence-electron chi connectivity index (χ2n) is 2.82. The van der Waals surface area contributed by atoms with Gasteiger partial charge in [-0.25, -0.2) is 0 Å². The van der Waals surface area contributed by atoms with Crippen LogP contribution in [-0.2, 0) is 9.53 Å². The van der Waals surface area contributed by atoms with Crippen LogP contribution >= 0.6 is 0 Å². The van der Waals surface area contributed by atoms with Gasteiger partial charge >= 0.3 is 0 Å². The minimum absolute atomic E-state index is 0.0421. The largest absolute Gasteiger partial charge is 0.375 e. The second-order valence-corrected chi connectivity index (χ2v) is 2.82. The molecule has 2 N–H and O–H groups in total. The first kappa shape index (κ1) is 8.49. The molecule has 1 heterocycles. The van der Waals surface area contributed by atoms with E-state index in [-0.39, 0.29) is 18.6 Å². The lowest BCUT2D eigenvalue weighted by molar-refractivity contribution is -0.134. The first-order valence-electron chi connectivity index (χ1n) is 3.76. The van der Waals surface area contributed by atoms with E-state index in [2.05, 4.69) is 0 Å². The third-order valence-corrected chi connectivity index (χ3v) is 1.85. The zero-order valence-electron chi connectivity index (χ0n) is 6.75. The smallest absolute Gasteiger partial charge is 0.248 e. The summed E-state index contributed by atoms with van der Waals surface area (Å²) in [5, 5.41) is 0. The van der Waals surface area contributed by atoms with Gasteiger partial charge in [-0.1, -0.05) is 0 Å². The Morgan fingerprint density at radius 2 is 2.55 bits per heavy atom. The summed E-state index contributed by atoms with van der Waals surface area (Å²) in [6.07, 6.45) is 0.912. The molecule has 64 valence electrons. The predicted molar refractivity (Wildman–Crippen MR) is 41.0 cm³/mol. The molecular weight excluding hydrogens is 144 g/mol. The Balaban J connectivity index is 2.31. The Morgan fingerprint density at radius 1 is 1.82 bits per heavy atom. The van der Waals surface area contributed by atoms with E-state index >= 15 is 0 Å². The van der Waals surface area contributed by atoms with Crippen LogP contribution in [0.5, 0.6) is 0 Å². The van der Waals surface area contributed by atoms with Crippen LogP contribution in [0.4, 0.5) is 0 Å². The maximum absolute atomic E-state index is 11.1. The molecule has 11 heavy (non-hydrogen) atoms. The summed E-state index contributed by atoms with van der Waals surface area (Å²) in [4.78, 5) is 12.9. The standard InChI is InChI=1S/C7H14N2O2/c1-11-5-7(10)9-3-2-6(8)4-9/h6H,2-5,8H2,1H3. The lowest BCUT2D eigenvalue weighted by atomic mass is 10.3. The highest BCUT2D eigenvalue weighted by atomic mass is 16.5. The van der Waals surface area contributed by atoms with E-state index in [0.29, 0.717) is 6.54 Å². The van der Waals surface area contributed by atoms with Gasteiger partial charge in [0, 0.05) is 26.2 Å². The van der Waals surface area contributed by atoms with Gasteiger partial charge in [-0.15, -0.1) is 0 Å². The van der Waals surface area contributed by atoms with Crippen LogP contribution in [-0.4, -0.2) is 43.7 Å². The molecule has 0 saturated carbocycles. The molecule has 0 aliphatic carbocycles. The Bertz CT molecular complexity index is 149. The number of hydrogen-bond acceptors (Lipinski definition) is 3. The molecule has 0 aromatic rings. The van der Waals surface area contributed by atoms with Crippen molar-refractivity contribution in [2.24, 2.45) is 5.73 Å². The highest BCUT2D eigenvalue weighted by Gasteiger charge is 2.22. The van der Waals surface area contributed by atoms with Gasteiger partial charge in [-0.05, 0) is 6.42 Å². The Labute approximate surface area is 66.3 Å². The highest BCUT2D eigenvalue weighted by Crippen LogP contribution is 2.06. The van der Waals surface area contributed by atoms with Crippen molar-refractivity contribution in [2.75, 3.05) is 26.8 Å². The minimum Gasteiger partial charge on any atom is -0.375 e. The topological polar surface area (TPSA) is 55.6 Å². The summed E-state index contributed by atoms with van der Waals surface area (Å²) < 4.78 is 4.72. The molecule has 1 aliphatic rings. The van der Waals surface area contributed by atoms with Crippen molar-refractivity contribution in [1.29, 1.82) is 0 Å². The average molecular weight is 158 g/mol. The van der Waals surface area contributed by atoms with Gasteiger partial charge in [0.1, 0.15) is 6.61 Å². The number of likely N-dealkylation sites (tertiary alicyclic amines) is 1. The summed E-state index contributed by atoms with van der Waals surface area (Å²) in [5.41, 5.74) is 5.62. The molecule has 1 unspecified atom stereocenters. The zero-order chi connectivity index (χ0) is 8.27. The van der Waals surface area contributed by atoms with Crippen molar-refractivity contribution in [3.63, 3.8) is 0 Å². The number of carbonyl (C=O) groups is 1. The summed E-state index contributed by atoms with van der Waals surface area (Å²) in [7, 11) is 1.52. The van der Waals surface area contributed by atoms with E-state index in [1.165, 1.54) is 7.11 Å². The molecule has 0 radical (unpaired) electrons. The van der Waals surface area contributed by atoms with E-state index in [9.17, 15) is 4.79 Å². The zero-order valence-corrected chi connectivity index (χ0v) is 6.75. The van der Waals surface area contributed by atoms with Gasteiger partial charge < -0.3 is 15.4 Å². The third kappa shape index (κ3) is 2.17. The summed E-state index contributed by atoms with van der Waals surface area (Å²) >= 11 is 0. The fraction of sp³-hybridized carbons (Fsp3) is 0.857. The summed E-state index contributed by atoms with van der Waals surface area (Å²) in [6.45, 7) is 1.64. The average Bonchev–Trinajstić information content (AvgIpc) is 2.36. The van der Waals surface area contributed by atoms with Crippen LogP contribution in [0.25, 0.3) is 0 Å². The van der Waals surface area contributed by atoms with Crippen molar-refractivity contribution in [1.82, 2.24) is 4.90 Å². The second kappa shape index (κ2) is 3.69. The molecule has 0 aromatic heterocycles. The van der Waals surface area contributed by atoms with Crippen LogP contribution in [0.15, 0.2) is 0 Å². The van der Waals surface area contributed by atoms with Crippen LogP contribution < -0.4 is 5.73 Å². The number of ether oxygens (including phenoxy) is 1. The van der Waals surface area contributed by atoms with Gasteiger partial charge in [0.25, 0.3) is 0 Å². The quantitative estimate of drug-likeness (QED) is 0.572. The molecule has 0 spiro atoms. The maximum Gasteiger partial charge on any atom is 0.248 e. The van der Waals surface area contributed by atoms with Crippen LogP contribution in [0.1, 0.15) is 6.42 Å². The first-order valence-corrected chi connectivity index (χ1v) is 3.76. The van der Waals surface area contributed by atoms with Gasteiger partial charge in [0.15, 0.2) is 0 Å². The summed E-state index contributed by atoms with van der Waals surface area (Å²) in [6, 6.07) is 0.163. The van der Waals surface area contributed by atoms with Crippen molar-refractivity contribution in [3.05, 3.63) is 0 Å². The number of methoxy groups -OCH3 is 1.